The molecule has 1 aromatic heterocycles. The van der Waals surface area contributed by atoms with Crippen molar-refractivity contribution in [3.8, 4) is 18.2 Å². The predicted molar refractivity (Wildman–Crippen MR) is 37.3 cm³/mol. The molecular formula is C7H3N5. The third-order valence-electron chi connectivity index (χ3n) is 1.29. The number of rotatable bonds is 1. The molecule has 0 unspecified atom stereocenters. The van der Waals surface area contributed by atoms with Crippen LogP contribution in [-0.4, -0.2) is 9.55 Å². The zero-order chi connectivity index (χ0) is 8.97. The molecule has 1 rings (SSSR count). The zero-order valence-corrected chi connectivity index (χ0v) is 6.02. The number of hydrogen-bond acceptors (Lipinski definition) is 4. The van der Waals surface area contributed by atoms with Gasteiger partial charge in [0, 0.05) is 0 Å². The van der Waals surface area contributed by atoms with E-state index in [2.05, 4.69) is 4.98 Å². The first-order valence-corrected chi connectivity index (χ1v) is 3.05. The predicted octanol–water partition coefficient (Wildman–Crippen LogP) is 0.150. The molecule has 0 saturated heterocycles. The van der Waals surface area contributed by atoms with Gasteiger partial charge in [0.2, 0.25) is 0 Å². The van der Waals surface area contributed by atoms with E-state index in [1.54, 1.807) is 12.1 Å². The Morgan fingerprint density at radius 2 is 2.08 bits per heavy atom. The Morgan fingerprint density at radius 1 is 1.33 bits per heavy atom. The van der Waals surface area contributed by atoms with E-state index in [0.717, 1.165) is 0 Å². The van der Waals surface area contributed by atoms with Gasteiger partial charge in [-0.3, -0.25) is 0 Å². The van der Waals surface area contributed by atoms with Gasteiger partial charge in [-0.15, -0.1) is 0 Å². The first-order chi connectivity index (χ1) is 5.83. The number of nitriles is 3. The van der Waals surface area contributed by atoms with E-state index < -0.39 is 0 Å². The van der Waals surface area contributed by atoms with Gasteiger partial charge in [-0.05, 0) is 0 Å². The van der Waals surface area contributed by atoms with Crippen LogP contribution in [0.4, 0.5) is 0 Å². The van der Waals surface area contributed by atoms with Crippen LogP contribution >= 0.6 is 0 Å². The van der Waals surface area contributed by atoms with Crippen LogP contribution in [0.25, 0.3) is 0 Å². The topological polar surface area (TPSA) is 89.2 Å². The molecule has 5 heteroatoms. The van der Waals surface area contributed by atoms with Gasteiger partial charge in [-0.2, -0.15) is 15.8 Å². The van der Waals surface area contributed by atoms with Crippen LogP contribution in [0.3, 0.4) is 0 Å². The molecular weight excluding hydrogens is 154 g/mol. The zero-order valence-electron chi connectivity index (χ0n) is 6.02. The van der Waals surface area contributed by atoms with Crippen LogP contribution in [-0.2, 0) is 6.54 Å². The monoisotopic (exact) mass is 157 g/mol. The highest BCUT2D eigenvalue weighted by Crippen LogP contribution is 2.03. The molecule has 1 heterocycles. The minimum Gasteiger partial charge on any atom is -0.307 e. The summed E-state index contributed by atoms with van der Waals surface area (Å²) in [5.74, 6) is 0. The average molecular weight is 157 g/mol. The smallest absolute Gasteiger partial charge is 0.176 e. The minimum absolute atomic E-state index is 0.0393. The first-order valence-electron chi connectivity index (χ1n) is 3.05. The molecule has 0 aliphatic carbocycles. The van der Waals surface area contributed by atoms with Crippen LogP contribution in [0, 0.1) is 34.0 Å². The molecule has 0 saturated carbocycles. The Balaban J connectivity index is 3.20. The largest absolute Gasteiger partial charge is 0.307 e. The van der Waals surface area contributed by atoms with E-state index in [1.165, 1.54) is 10.9 Å². The molecule has 0 aliphatic rings. The molecule has 0 amide bonds. The minimum atomic E-state index is 0.0393. The molecule has 0 aromatic carbocycles. The van der Waals surface area contributed by atoms with Crippen molar-refractivity contribution in [1.82, 2.24) is 9.55 Å². The van der Waals surface area contributed by atoms with Crippen molar-refractivity contribution >= 4 is 0 Å². The Hall–Kier alpha value is -2.32. The maximum atomic E-state index is 8.57. The summed E-state index contributed by atoms with van der Waals surface area (Å²) in [6.45, 7) is 0.0393. The third kappa shape index (κ3) is 1.10. The highest BCUT2D eigenvalue weighted by Gasteiger charge is 2.08. The van der Waals surface area contributed by atoms with Crippen LogP contribution < -0.4 is 0 Å². The number of imidazole rings is 1. The molecule has 0 bridgehead atoms. The van der Waals surface area contributed by atoms with Gasteiger partial charge in [0.1, 0.15) is 18.7 Å². The van der Waals surface area contributed by atoms with Crippen LogP contribution in [0.5, 0.6) is 0 Å². The Bertz CT molecular complexity index is 408. The van der Waals surface area contributed by atoms with Crippen molar-refractivity contribution in [2.45, 2.75) is 6.54 Å². The normalized spacial score (nSPS) is 8.08. The Kier molecular flexibility index (Phi) is 2.07. The SMILES string of the molecule is N#CCn1cnc(C#N)c1C#N. The fourth-order valence-electron chi connectivity index (χ4n) is 0.777. The van der Waals surface area contributed by atoms with E-state index >= 15 is 0 Å². The summed E-state index contributed by atoms with van der Waals surface area (Å²) in [5.41, 5.74) is 0.201. The van der Waals surface area contributed by atoms with E-state index in [1.807, 2.05) is 6.07 Å². The van der Waals surface area contributed by atoms with Crippen LogP contribution in [0.15, 0.2) is 6.33 Å². The maximum absolute atomic E-state index is 8.57. The van der Waals surface area contributed by atoms with Gasteiger partial charge in [0.05, 0.1) is 12.4 Å². The fraction of sp³-hybridized carbons (Fsp3) is 0.143. The lowest BCUT2D eigenvalue weighted by atomic mass is 10.3. The first kappa shape index (κ1) is 7.78. The summed E-state index contributed by atoms with van der Waals surface area (Å²) in [4.78, 5) is 3.65. The van der Waals surface area contributed by atoms with Crippen molar-refractivity contribution in [2.24, 2.45) is 0 Å². The van der Waals surface area contributed by atoms with E-state index in [0.29, 0.717) is 0 Å². The van der Waals surface area contributed by atoms with E-state index in [-0.39, 0.29) is 17.9 Å². The molecule has 0 radical (unpaired) electrons. The molecule has 0 atom stereocenters. The second-order valence-corrected chi connectivity index (χ2v) is 1.95. The van der Waals surface area contributed by atoms with Gasteiger partial charge in [-0.25, -0.2) is 4.98 Å². The summed E-state index contributed by atoms with van der Waals surface area (Å²) in [6.07, 6.45) is 1.31. The third-order valence-corrected chi connectivity index (χ3v) is 1.29. The van der Waals surface area contributed by atoms with Gasteiger partial charge in [0.15, 0.2) is 11.4 Å². The molecule has 0 spiro atoms. The molecule has 0 fully saturated rings. The highest BCUT2D eigenvalue weighted by atomic mass is 15.1. The standard InChI is InChI=1S/C7H3N5/c8-1-2-12-5-11-6(3-9)7(12)4-10/h5H,2H2. The lowest BCUT2D eigenvalue weighted by molar-refractivity contribution is 0.817. The summed E-state index contributed by atoms with van der Waals surface area (Å²) in [7, 11) is 0. The van der Waals surface area contributed by atoms with Crippen molar-refractivity contribution in [1.29, 1.82) is 15.8 Å². The second-order valence-electron chi connectivity index (χ2n) is 1.95. The van der Waals surface area contributed by atoms with Crippen molar-refractivity contribution < 1.29 is 0 Å². The molecule has 0 N–H and O–H groups in total. The van der Waals surface area contributed by atoms with Gasteiger partial charge in [0.25, 0.3) is 0 Å². The van der Waals surface area contributed by atoms with Crippen molar-refractivity contribution in [3.05, 3.63) is 17.7 Å². The fourth-order valence-corrected chi connectivity index (χ4v) is 0.777. The quantitative estimate of drug-likeness (QED) is 0.580. The maximum Gasteiger partial charge on any atom is 0.176 e. The molecule has 1 aromatic rings. The molecule has 5 nitrogen and oxygen atoms in total. The van der Waals surface area contributed by atoms with Gasteiger partial charge >= 0.3 is 0 Å². The van der Waals surface area contributed by atoms with Gasteiger partial charge in [-0.1, -0.05) is 0 Å². The molecule has 56 valence electrons. The van der Waals surface area contributed by atoms with Crippen LogP contribution in [0.1, 0.15) is 11.4 Å². The summed E-state index contributed by atoms with van der Waals surface area (Å²) in [5, 5.41) is 25.4. The second kappa shape index (κ2) is 3.18. The Labute approximate surface area is 68.7 Å². The van der Waals surface area contributed by atoms with E-state index in [9.17, 15) is 0 Å². The summed E-state index contributed by atoms with van der Waals surface area (Å²) < 4.78 is 1.33. The van der Waals surface area contributed by atoms with E-state index in [4.69, 9.17) is 15.8 Å². The lowest BCUT2D eigenvalue weighted by Crippen LogP contribution is -1.97. The lowest BCUT2D eigenvalue weighted by Gasteiger charge is -1.92. The number of aromatic nitrogens is 2. The number of nitrogens with zero attached hydrogens (tertiary/aromatic N) is 5. The highest BCUT2D eigenvalue weighted by molar-refractivity contribution is 5.36. The summed E-state index contributed by atoms with van der Waals surface area (Å²) in [6, 6.07) is 5.43. The van der Waals surface area contributed by atoms with Crippen molar-refractivity contribution in [3.63, 3.8) is 0 Å². The Morgan fingerprint density at radius 3 is 2.58 bits per heavy atom. The number of hydrogen-bond donors (Lipinski definition) is 0. The van der Waals surface area contributed by atoms with Crippen LogP contribution in [0.2, 0.25) is 0 Å². The molecule has 0 aliphatic heterocycles. The molecule has 12 heavy (non-hydrogen) atoms. The van der Waals surface area contributed by atoms with Crippen molar-refractivity contribution in [2.75, 3.05) is 0 Å². The average Bonchev–Trinajstić information content (AvgIpc) is 2.47. The summed E-state index contributed by atoms with van der Waals surface area (Å²) >= 11 is 0. The van der Waals surface area contributed by atoms with Gasteiger partial charge < -0.3 is 4.57 Å².